The third-order valence-electron chi connectivity index (χ3n) is 9.10. The molecule has 0 spiro atoms. The van der Waals surface area contributed by atoms with Gasteiger partial charge in [-0.3, -0.25) is 4.79 Å². The van der Waals surface area contributed by atoms with Crippen LogP contribution in [0, 0.1) is 0 Å². The van der Waals surface area contributed by atoms with Crippen molar-refractivity contribution in [3.05, 3.63) is 0 Å². The van der Waals surface area contributed by atoms with Crippen LogP contribution in [-0.2, 0) is 14.3 Å². The molecule has 256 valence electrons. The summed E-state index contributed by atoms with van der Waals surface area (Å²) in [5, 5.41) is 9.47. The molecule has 0 heterocycles. The van der Waals surface area contributed by atoms with Crippen LogP contribution < -0.4 is 0 Å². The Morgan fingerprint density at radius 3 is 0.953 bits per heavy atom. The van der Waals surface area contributed by atoms with Crippen molar-refractivity contribution in [1.82, 2.24) is 0 Å². The van der Waals surface area contributed by atoms with Crippen molar-refractivity contribution in [2.75, 3.05) is 0 Å². The van der Waals surface area contributed by atoms with Gasteiger partial charge >= 0.3 is 11.9 Å². The number of carboxylic acid groups (broad SMARTS) is 1. The van der Waals surface area contributed by atoms with Crippen molar-refractivity contribution in [1.29, 1.82) is 0 Å². The lowest BCUT2D eigenvalue weighted by molar-refractivity contribution is -0.164. The Morgan fingerprint density at radius 1 is 0.419 bits per heavy atom. The first-order chi connectivity index (χ1) is 21.1. The zero-order valence-corrected chi connectivity index (χ0v) is 29.3. The average Bonchev–Trinajstić information content (AvgIpc) is 3.00. The summed E-state index contributed by atoms with van der Waals surface area (Å²) in [6.45, 7) is 4.55. The zero-order valence-electron chi connectivity index (χ0n) is 29.3. The molecule has 0 aliphatic carbocycles. The SMILES string of the molecule is CCCCCCCCCCCCCCCCCCCCCC(=O)OC(CCCCCCCCCCCCCCC)C(=O)O. The Kier molecular flexibility index (Phi) is 34.5. The molecule has 4 heteroatoms. The van der Waals surface area contributed by atoms with Gasteiger partial charge in [-0.15, -0.1) is 0 Å². The molecule has 1 atom stereocenters. The van der Waals surface area contributed by atoms with Crippen molar-refractivity contribution < 1.29 is 19.4 Å². The first kappa shape index (κ1) is 41.9. The van der Waals surface area contributed by atoms with Gasteiger partial charge < -0.3 is 9.84 Å². The summed E-state index contributed by atoms with van der Waals surface area (Å²) in [6, 6.07) is 0. The van der Waals surface area contributed by atoms with Crippen LogP contribution in [0.2, 0.25) is 0 Å². The number of esters is 1. The van der Waals surface area contributed by atoms with Gasteiger partial charge in [0.1, 0.15) is 0 Å². The lowest BCUT2D eigenvalue weighted by Gasteiger charge is -2.13. The quantitative estimate of drug-likeness (QED) is 0.0567. The minimum atomic E-state index is -1.000. The molecule has 0 aromatic rings. The van der Waals surface area contributed by atoms with Crippen molar-refractivity contribution in [3.63, 3.8) is 0 Å². The minimum Gasteiger partial charge on any atom is -0.479 e. The summed E-state index contributed by atoms with van der Waals surface area (Å²) in [4.78, 5) is 23.7. The van der Waals surface area contributed by atoms with Crippen LogP contribution in [0.4, 0.5) is 0 Å². The number of carbonyl (C=O) groups is 2. The molecule has 1 unspecified atom stereocenters. The Morgan fingerprint density at radius 2 is 0.674 bits per heavy atom. The van der Waals surface area contributed by atoms with Gasteiger partial charge in [0.25, 0.3) is 0 Å². The monoisotopic (exact) mass is 609 g/mol. The van der Waals surface area contributed by atoms with Crippen LogP contribution in [0.1, 0.15) is 232 Å². The summed E-state index contributed by atoms with van der Waals surface area (Å²) in [6.07, 6.45) is 41.4. The summed E-state index contributed by atoms with van der Waals surface area (Å²) in [5.74, 6) is -1.34. The molecule has 0 saturated carbocycles. The van der Waals surface area contributed by atoms with Gasteiger partial charge in [-0.2, -0.15) is 0 Å². The second-order valence-corrected chi connectivity index (χ2v) is 13.5. The highest BCUT2D eigenvalue weighted by molar-refractivity contribution is 5.77. The number of carbonyl (C=O) groups excluding carboxylic acids is 1. The number of unbranched alkanes of at least 4 members (excludes halogenated alkanes) is 30. The average molecular weight is 609 g/mol. The molecule has 1 N–H and O–H groups in total. The van der Waals surface area contributed by atoms with Gasteiger partial charge in [0, 0.05) is 6.42 Å². The number of ether oxygens (including phenoxy) is 1. The van der Waals surface area contributed by atoms with E-state index in [2.05, 4.69) is 13.8 Å². The van der Waals surface area contributed by atoms with Gasteiger partial charge in [0.2, 0.25) is 0 Å². The molecule has 43 heavy (non-hydrogen) atoms. The Hall–Kier alpha value is -1.06. The second kappa shape index (κ2) is 35.4. The highest BCUT2D eigenvalue weighted by Crippen LogP contribution is 2.17. The maximum Gasteiger partial charge on any atom is 0.345 e. The summed E-state index contributed by atoms with van der Waals surface area (Å²) in [5.41, 5.74) is 0. The number of aliphatic carboxylic acids is 1. The molecular weight excluding hydrogens is 532 g/mol. The second-order valence-electron chi connectivity index (χ2n) is 13.5. The van der Waals surface area contributed by atoms with Gasteiger partial charge in [0.15, 0.2) is 6.10 Å². The van der Waals surface area contributed by atoms with E-state index in [4.69, 9.17) is 4.74 Å². The van der Waals surface area contributed by atoms with Crippen LogP contribution in [-0.4, -0.2) is 23.1 Å². The maximum absolute atomic E-state index is 12.2. The van der Waals surface area contributed by atoms with E-state index in [0.717, 1.165) is 38.5 Å². The molecule has 0 aromatic carbocycles. The lowest BCUT2D eigenvalue weighted by atomic mass is 10.0. The van der Waals surface area contributed by atoms with Crippen LogP contribution in [0.15, 0.2) is 0 Å². The third kappa shape index (κ3) is 33.7. The highest BCUT2D eigenvalue weighted by Gasteiger charge is 2.21. The van der Waals surface area contributed by atoms with Crippen LogP contribution >= 0.6 is 0 Å². The van der Waals surface area contributed by atoms with E-state index in [1.807, 2.05) is 0 Å². The fourth-order valence-electron chi connectivity index (χ4n) is 6.15. The van der Waals surface area contributed by atoms with Gasteiger partial charge in [0.05, 0.1) is 0 Å². The number of rotatable bonds is 36. The normalized spacial score (nSPS) is 12.0. The Bertz CT molecular complexity index is 576. The van der Waals surface area contributed by atoms with Gasteiger partial charge in [-0.25, -0.2) is 4.79 Å². The smallest absolute Gasteiger partial charge is 0.345 e. The topological polar surface area (TPSA) is 63.6 Å². The molecule has 0 bridgehead atoms. The van der Waals surface area contributed by atoms with Crippen LogP contribution in [0.25, 0.3) is 0 Å². The first-order valence-corrected chi connectivity index (χ1v) is 19.5. The Balaban J connectivity index is 3.47. The predicted octanol–water partition coefficient (Wildman–Crippen LogP) is 13.3. The molecule has 0 aromatic heterocycles. The predicted molar refractivity (Wildman–Crippen MR) is 186 cm³/mol. The zero-order chi connectivity index (χ0) is 31.5. The van der Waals surface area contributed by atoms with E-state index in [1.54, 1.807) is 0 Å². The fourth-order valence-corrected chi connectivity index (χ4v) is 6.15. The van der Waals surface area contributed by atoms with E-state index in [9.17, 15) is 14.7 Å². The van der Waals surface area contributed by atoms with Gasteiger partial charge in [-0.05, 0) is 19.3 Å². The molecule has 0 saturated heterocycles. The number of hydrogen-bond donors (Lipinski definition) is 1. The summed E-state index contributed by atoms with van der Waals surface area (Å²) < 4.78 is 5.32. The number of carboxylic acids is 1. The van der Waals surface area contributed by atoms with Crippen molar-refractivity contribution in [2.45, 2.75) is 238 Å². The molecule has 0 aliphatic rings. The van der Waals surface area contributed by atoms with E-state index in [0.29, 0.717) is 12.8 Å². The standard InChI is InChI=1S/C39H76O4/c1-3-5-7-9-11-13-15-17-18-19-20-21-22-24-26-28-30-32-34-36-38(40)43-37(39(41)42)35-33-31-29-27-25-23-16-14-12-10-8-6-4-2/h37H,3-36H2,1-2H3,(H,41,42). The molecule has 0 amide bonds. The van der Waals surface area contributed by atoms with Crippen molar-refractivity contribution in [2.24, 2.45) is 0 Å². The van der Waals surface area contributed by atoms with Gasteiger partial charge in [-0.1, -0.05) is 206 Å². The molecular formula is C39H76O4. The molecule has 0 rings (SSSR count). The van der Waals surface area contributed by atoms with E-state index < -0.39 is 12.1 Å². The maximum atomic E-state index is 12.2. The third-order valence-corrected chi connectivity index (χ3v) is 9.10. The molecule has 0 fully saturated rings. The van der Waals surface area contributed by atoms with E-state index >= 15 is 0 Å². The fraction of sp³-hybridized carbons (Fsp3) is 0.949. The summed E-state index contributed by atoms with van der Waals surface area (Å²) >= 11 is 0. The van der Waals surface area contributed by atoms with E-state index in [1.165, 1.54) is 167 Å². The largest absolute Gasteiger partial charge is 0.479 e. The Labute approximate surface area is 269 Å². The minimum absolute atomic E-state index is 0.339. The van der Waals surface area contributed by atoms with Crippen LogP contribution in [0.5, 0.6) is 0 Å². The van der Waals surface area contributed by atoms with Crippen molar-refractivity contribution >= 4 is 11.9 Å². The summed E-state index contributed by atoms with van der Waals surface area (Å²) in [7, 11) is 0. The lowest BCUT2D eigenvalue weighted by Crippen LogP contribution is -2.27. The highest BCUT2D eigenvalue weighted by atomic mass is 16.6. The van der Waals surface area contributed by atoms with E-state index in [-0.39, 0.29) is 5.97 Å². The molecule has 0 radical (unpaired) electrons. The first-order valence-electron chi connectivity index (χ1n) is 19.5. The molecule has 0 aliphatic heterocycles. The van der Waals surface area contributed by atoms with Crippen LogP contribution in [0.3, 0.4) is 0 Å². The van der Waals surface area contributed by atoms with Crippen molar-refractivity contribution in [3.8, 4) is 0 Å². The number of hydrogen-bond acceptors (Lipinski definition) is 3. The molecule has 4 nitrogen and oxygen atoms in total.